The van der Waals surface area contributed by atoms with Crippen LogP contribution < -0.4 is 11.5 Å². The largest absolute Gasteiger partial charge is 0.373 e. The SMILES string of the molecule is NCC1CCCCC1OCc1ccccc1C(N)=O. The van der Waals surface area contributed by atoms with Gasteiger partial charge in [0.25, 0.3) is 0 Å². The number of hydrogen-bond acceptors (Lipinski definition) is 3. The molecule has 0 saturated heterocycles. The summed E-state index contributed by atoms with van der Waals surface area (Å²) < 4.78 is 5.98. The van der Waals surface area contributed by atoms with Crippen molar-refractivity contribution >= 4 is 5.91 Å². The first-order valence-electron chi connectivity index (χ1n) is 6.91. The van der Waals surface area contributed by atoms with E-state index < -0.39 is 5.91 Å². The Kier molecular flexibility index (Phi) is 4.93. The van der Waals surface area contributed by atoms with Gasteiger partial charge in [0.15, 0.2) is 0 Å². The van der Waals surface area contributed by atoms with Crippen LogP contribution in [0.3, 0.4) is 0 Å². The Labute approximate surface area is 114 Å². The molecule has 0 aliphatic heterocycles. The van der Waals surface area contributed by atoms with Crippen molar-refractivity contribution in [1.29, 1.82) is 0 Å². The Hall–Kier alpha value is -1.39. The van der Waals surface area contributed by atoms with Crippen LogP contribution in [0.15, 0.2) is 24.3 Å². The van der Waals surface area contributed by atoms with Crippen LogP contribution in [0.25, 0.3) is 0 Å². The highest BCUT2D eigenvalue weighted by atomic mass is 16.5. The second-order valence-corrected chi connectivity index (χ2v) is 5.15. The van der Waals surface area contributed by atoms with Crippen molar-refractivity contribution < 1.29 is 9.53 Å². The molecule has 0 spiro atoms. The van der Waals surface area contributed by atoms with Crippen LogP contribution in [0, 0.1) is 5.92 Å². The van der Waals surface area contributed by atoms with Gasteiger partial charge in [0, 0.05) is 5.56 Å². The van der Waals surface area contributed by atoms with E-state index in [1.807, 2.05) is 18.2 Å². The standard InChI is InChI=1S/C15H22N2O2/c16-9-11-5-2-4-8-14(11)19-10-12-6-1-3-7-13(12)15(17)18/h1,3,6-7,11,14H,2,4-5,8-10,16H2,(H2,17,18). The Bertz CT molecular complexity index is 434. The van der Waals surface area contributed by atoms with E-state index in [4.69, 9.17) is 16.2 Å². The fraction of sp³-hybridized carbons (Fsp3) is 0.533. The summed E-state index contributed by atoms with van der Waals surface area (Å²) in [6.07, 6.45) is 4.83. The van der Waals surface area contributed by atoms with E-state index >= 15 is 0 Å². The number of hydrogen-bond donors (Lipinski definition) is 2. The summed E-state index contributed by atoms with van der Waals surface area (Å²) in [5.41, 5.74) is 12.6. The number of rotatable bonds is 5. The molecule has 1 fully saturated rings. The molecular weight excluding hydrogens is 240 g/mol. The fourth-order valence-corrected chi connectivity index (χ4v) is 2.75. The van der Waals surface area contributed by atoms with Gasteiger partial charge in [0.2, 0.25) is 5.91 Å². The van der Waals surface area contributed by atoms with Crippen molar-refractivity contribution in [1.82, 2.24) is 0 Å². The Balaban J connectivity index is 2.00. The maximum atomic E-state index is 11.3. The maximum Gasteiger partial charge on any atom is 0.249 e. The predicted molar refractivity (Wildman–Crippen MR) is 74.5 cm³/mol. The highest BCUT2D eigenvalue weighted by molar-refractivity contribution is 5.94. The molecule has 19 heavy (non-hydrogen) atoms. The first-order valence-corrected chi connectivity index (χ1v) is 6.91. The number of nitrogens with two attached hydrogens (primary N) is 2. The first kappa shape index (κ1) is 14.0. The van der Waals surface area contributed by atoms with E-state index in [1.54, 1.807) is 6.07 Å². The molecule has 2 unspecified atom stereocenters. The van der Waals surface area contributed by atoms with Gasteiger partial charge in [-0.3, -0.25) is 4.79 Å². The highest BCUT2D eigenvalue weighted by Gasteiger charge is 2.24. The minimum absolute atomic E-state index is 0.208. The summed E-state index contributed by atoms with van der Waals surface area (Å²) >= 11 is 0. The zero-order valence-corrected chi connectivity index (χ0v) is 11.2. The van der Waals surface area contributed by atoms with Crippen LogP contribution in [0.2, 0.25) is 0 Å². The molecule has 1 aliphatic rings. The van der Waals surface area contributed by atoms with E-state index in [0.29, 0.717) is 24.6 Å². The van der Waals surface area contributed by atoms with E-state index in [1.165, 1.54) is 12.8 Å². The first-order chi connectivity index (χ1) is 9.22. The average molecular weight is 262 g/mol. The molecule has 2 rings (SSSR count). The maximum absolute atomic E-state index is 11.3. The van der Waals surface area contributed by atoms with Gasteiger partial charge in [-0.15, -0.1) is 0 Å². The molecule has 0 aromatic heterocycles. The van der Waals surface area contributed by atoms with Crippen molar-refractivity contribution in [2.45, 2.75) is 38.4 Å². The van der Waals surface area contributed by atoms with Crippen LogP contribution in [-0.4, -0.2) is 18.6 Å². The molecular formula is C15H22N2O2. The van der Waals surface area contributed by atoms with Gasteiger partial charge in [0.1, 0.15) is 0 Å². The highest BCUT2D eigenvalue weighted by Crippen LogP contribution is 2.27. The van der Waals surface area contributed by atoms with Crippen LogP contribution in [-0.2, 0) is 11.3 Å². The lowest BCUT2D eigenvalue weighted by Gasteiger charge is -2.30. The van der Waals surface area contributed by atoms with Crippen molar-refractivity contribution in [3.05, 3.63) is 35.4 Å². The van der Waals surface area contributed by atoms with E-state index in [-0.39, 0.29) is 6.10 Å². The van der Waals surface area contributed by atoms with Gasteiger partial charge < -0.3 is 16.2 Å². The summed E-state index contributed by atoms with van der Waals surface area (Å²) in [7, 11) is 0. The van der Waals surface area contributed by atoms with Gasteiger partial charge in [-0.05, 0) is 36.9 Å². The van der Waals surface area contributed by atoms with Crippen molar-refractivity contribution in [2.75, 3.05) is 6.54 Å². The van der Waals surface area contributed by atoms with Crippen LogP contribution in [0.4, 0.5) is 0 Å². The lowest BCUT2D eigenvalue weighted by Crippen LogP contribution is -2.33. The summed E-state index contributed by atoms with van der Waals surface area (Å²) in [6.45, 7) is 1.10. The normalized spacial score (nSPS) is 23.2. The number of carbonyl (C=O) groups excluding carboxylic acids is 1. The van der Waals surface area contributed by atoms with Gasteiger partial charge in [-0.25, -0.2) is 0 Å². The lowest BCUT2D eigenvalue weighted by molar-refractivity contribution is -0.0184. The quantitative estimate of drug-likeness (QED) is 0.849. The van der Waals surface area contributed by atoms with E-state index in [2.05, 4.69) is 0 Å². The average Bonchev–Trinajstić information content (AvgIpc) is 2.45. The summed E-state index contributed by atoms with van der Waals surface area (Å²) in [6, 6.07) is 7.34. The molecule has 2 atom stereocenters. The molecule has 1 aliphatic carbocycles. The minimum atomic E-state index is -0.404. The molecule has 0 bridgehead atoms. The van der Waals surface area contributed by atoms with Crippen molar-refractivity contribution in [3.8, 4) is 0 Å². The van der Waals surface area contributed by atoms with E-state index in [9.17, 15) is 4.79 Å². The zero-order valence-electron chi connectivity index (χ0n) is 11.2. The molecule has 4 heteroatoms. The molecule has 104 valence electrons. The van der Waals surface area contributed by atoms with Gasteiger partial charge in [-0.1, -0.05) is 31.0 Å². The number of primary amides is 1. The second kappa shape index (κ2) is 6.68. The third-order valence-corrected chi connectivity index (χ3v) is 3.88. The van der Waals surface area contributed by atoms with Gasteiger partial charge in [-0.2, -0.15) is 0 Å². The lowest BCUT2D eigenvalue weighted by atomic mass is 9.86. The number of carbonyl (C=O) groups is 1. The topological polar surface area (TPSA) is 78.3 Å². The zero-order chi connectivity index (χ0) is 13.7. The second-order valence-electron chi connectivity index (χ2n) is 5.15. The number of benzene rings is 1. The Morgan fingerprint density at radius 2 is 2.00 bits per heavy atom. The molecule has 1 amide bonds. The third-order valence-electron chi connectivity index (χ3n) is 3.88. The minimum Gasteiger partial charge on any atom is -0.373 e. The third kappa shape index (κ3) is 3.55. The van der Waals surface area contributed by atoms with Crippen LogP contribution >= 0.6 is 0 Å². The van der Waals surface area contributed by atoms with Crippen LogP contribution in [0.5, 0.6) is 0 Å². The van der Waals surface area contributed by atoms with Crippen molar-refractivity contribution in [3.63, 3.8) is 0 Å². The summed E-state index contributed by atoms with van der Waals surface area (Å²) in [5, 5.41) is 0. The predicted octanol–water partition coefficient (Wildman–Crippen LogP) is 1.82. The number of amides is 1. The Morgan fingerprint density at radius 1 is 1.26 bits per heavy atom. The monoisotopic (exact) mass is 262 g/mol. The smallest absolute Gasteiger partial charge is 0.249 e. The molecule has 0 radical (unpaired) electrons. The molecule has 4 N–H and O–H groups in total. The van der Waals surface area contributed by atoms with Crippen LogP contribution in [0.1, 0.15) is 41.6 Å². The summed E-state index contributed by atoms with van der Waals surface area (Å²) in [4.78, 5) is 11.3. The fourth-order valence-electron chi connectivity index (χ4n) is 2.75. The molecule has 4 nitrogen and oxygen atoms in total. The number of ether oxygens (including phenoxy) is 1. The Morgan fingerprint density at radius 3 is 2.74 bits per heavy atom. The van der Waals surface area contributed by atoms with Crippen molar-refractivity contribution in [2.24, 2.45) is 17.4 Å². The molecule has 1 saturated carbocycles. The molecule has 1 aromatic carbocycles. The van der Waals surface area contributed by atoms with Gasteiger partial charge in [0.05, 0.1) is 12.7 Å². The van der Waals surface area contributed by atoms with E-state index in [0.717, 1.165) is 18.4 Å². The molecule has 0 heterocycles. The summed E-state index contributed by atoms with van der Waals surface area (Å²) in [5.74, 6) is 0.0349. The molecule has 1 aromatic rings. The van der Waals surface area contributed by atoms with Gasteiger partial charge >= 0.3 is 0 Å².